The Labute approximate surface area is 112 Å². The molecule has 19 heavy (non-hydrogen) atoms. The first-order valence-electron chi connectivity index (χ1n) is 6.15. The second kappa shape index (κ2) is 7.25. The number of amides is 1. The van der Waals surface area contributed by atoms with Gasteiger partial charge in [-0.2, -0.15) is 0 Å². The Hall–Kier alpha value is -2.24. The molecular formula is C13H19N3O3. The van der Waals surface area contributed by atoms with Crippen molar-refractivity contribution in [1.29, 1.82) is 0 Å². The molecule has 4 N–H and O–H groups in total. The number of nitrogens with two attached hydrogens (primary N) is 1. The molecule has 0 aliphatic heterocycles. The molecule has 0 aromatic heterocycles. The SMILES string of the molecule is CCNC(=O)CNc1ccc(N)cc1C(=O)OCC. The molecule has 0 fully saturated rings. The van der Waals surface area contributed by atoms with Crippen LogP contribution in [0.2, 0.25) is 0 Å². The summed E-state index contributed by atoms with van der Waals surface area (Å²) in [4.78, 5) is 23.1. The van der Waals surface area contributed by atoms with Crippen LogP contribution in [0.5, 0.6) is 0 Å². The summed E-state index contributed by atoms with van der Waals surface area (Å²) in [6.07, 6.45) is 0. The summed E-state index contributed by atoms with van der Waals surface area (Å²) in [5.74, 6) is -0.609. The van der Waals surface area contributed by atoms with Crippen LogP contribution < -0.4 is 16.4 Å². The van der Waals surface area contributed by atoms with Gasteiger partial charge in [-0.25, -0.2) is 4.79 Å². The lowest BCUT2D eigenvalue weighted by Gasteiger charge is -2.11. The minimum atomic E-state index is -0.465. The van der Waals surface area contributed by atoms with Crippen molar-refractivity contribution in [2.75, 3.05) is 30.7 Å². The Balaban J connectivity index is 2.82. The zero-order valence-electron chi connectivity index (χ0n) is 11.2. The normalized spacial score (nSPS) is 9.79. The maximum atomic E-state index is 11.8. The van der Waals surface area contributed by atoms with Gasteiger partial charge in [-0.05, 0) is 32.0 Å². The van der Waals surface area contributed by atoms with Crippen LogP contribution in [0.1, 0.15) is 24.2 Å². The topological polar surface area (TPSA) is 93.5 Å². The molecule has 104 valence electrons. The molecule has 0 aliphatic rings. The van der Waals surface area contributed by atoms with E-state index in [4.69, 9.17) is 10.5 Å². The van der Waals surface area contributed by atoms with Crippen LogP contribution in [-0.2, 0) is 9.53 Å². The van der Waals surface area contributed by atoms with E-state index >= 15 is 0 Å². The Kier molecular flexibility index (Phi) is 5.66. The average molecular weight is 265 g/mol. The van der Waals surface area contributed by atoms with Crippen LogP contribution >= 0.6 is 0 Å². The number of benzene rings is 1. The molecule has 0 unspecified atom stereocenters. The third-order valence-corrected chi connectivity index (χ3v) is 2.35. The number of anilines is 2. The van der Waals surface area contributed by atoms with Crippen LogP contribution in [0.25, 0.3) is 0 Å². The van der Waals surface area contributed by atoms with Crippen molar-refractivity contribution in [2.24, 2.45) is 0 Å². The highest BCUT2D eigenvalue weighted by Crippen LogP contribution is 2.19. The van der Waals surface area contributed by atoms with E-state index in [2.05, 4.69) is 10.6 Å². The molecule has 1 amide bonds. The predicted molar refractivity (Wildman–Crippen MR) is 74.0 cm³/mol. The Morgan fingerprint density at radius 3 is 2.68 bits per heavy atom. The first-order chi connectivity index (χ1) is 9.08. The van der Waals surface area contributed by atoms with Gasteiger partial charge >= 0.3 is 5.97 Å². The molecule has 1 aromatic carbocycles. The summed E-state index contributed by atoms with van der Waals surface area (Å²) in [5, 5.41) is 5.55. The summed E-state index contributed by atoms with van der Waals surface area (Å²) in [7, 11) is 0. The number of carbonyl (C=O) groups is 2. The number of ether oxygens (including phenoxy) is 1. The number of hydrogen-bond donors (Lipinski definition) is 3. The van der Waals surface area contributed by atoms with Gasteiger partial charge in [0.25, 0.3) is 0 Å². The molecule has 1 aromatic rings. The highest BCUT2D eigenvalue weighted by atomic mass is 16.5. The van der Waals surface area contributed by atoms with E-state index in [0.717, 1.165) is 0 Å². The second-order valence-electron chi connectivity index (χ2n) is 3.83. The highest BCUT2D eigenvalue weighted by Gasteiger charge is 2.13. The first kappa shape index (κ1) is 14.8. The van der Waals surface area contributed by atoms with Gasteiger partial charge in [0.1, 0.15) is 0 Å². The van der Waals surface area contributed by atoms with E-state index in [-0.39, 0.29) is 19.1 Å². The van der Waals surface area contributed by atoms with Crippen LogP contribution in [0.15, 0.2) is 18.2 Å². The summed E-state index contributed by atoms with van der Waals surface area (Å²) >= 11 is 0. The standard InChI is InChI=1S/C13H19N3O3/c1-3-15-12(17)8-16-11-6-5-9(14)7-10(11)13(18)19-4-2/h5-7,16H,3-4,8,14H2,1-2H3,(H,15,17). The number of esters is 1. The zero-order chi connectivity index (χ0) is 14.3. The molecule has 0 saturated carbocycles. The largest absolute Gasteiger partial charge is 0.462 e. The van der Waals surface area contributed by atoms with Gasteiger partial charge in [0, 0.05) is 17.9 Å². The Morgan fingerprint density at radius 1 is 1.32 bits per heavy atom. The van der Waals surface area contributed by atoms with Gasteiger partial charge in [0.05, 0.1) is 18.7 Å². The van der Waals surface area contributed by atoms with Crippen molar-refractivity contribution in [2.45, 2.75) is 13.8 Å². The molecule has 0 spiro atoms. The molecule has 0 bridgehead atoms. The fraction of sp³-hybridized carbons (Fsp3) is 0.385. The molecule has 6 heteroatoms. The molecule has 0 radical (unpaired) electrons. The van der Waals surface area contributed by atoms with Gasteiger partial charge in [-0.1, -0.05) is 0 Å². The number of likely N-dealkylation sites (N-methyl/N-ethyl adjacent to an activating group) is 1. The molecule has 0 saturated heterocycles. The van der Waals surface area contributed by atoms with Crippen molar-refractivity contribution in [1.82, 2.24) is 5.32 Å². The Morgan fingerprint density at radius 2 is 2.05 bits per heavy atom. The van der Waals surface area contributed by atoms with E-state index in [1.54, 1.807) is 19.1 Å². The van der Waals surface area contributed by atoms with Crippen LogP contribution in [0, 0.1) is 0 Å². The van der Waals surface area contributed by atoms with Crippen molar-refractivity contribution < 1.29 is 14.3 Å². The van der Waals surface area contributed by atoms with Crippen LogP contribution in [0.3, 0.4) is 0 Å². The van der Waals surface area contributed by atoms with Gasteiger partial charge in [0.2, 0.25) is 5.91 Å². The van der Waals surface area contributed by atoms with Crippen molar-refractivity contribution >= 4 is 23.3 Å². The minimum Gasteiger partial charge on any atom is -0.462 e. The van der Waals surface area contributed by atoms with Gasteiger partial charge in [0.15, 0.2) is 0 Å². The third kappa shape index (κ3) is 4.50. The van der Waals surface area contributed by atoms with Gasteiger partial charge < -0.3 is 21.1 Å². The summed E-state index contributed by atoms with van der Waals surface area (Å²) in [5.41, 5.74) is 6.97. The van der Waals surface area contributed by atoms with Crippen LogP contribution in [-0.4, -0.2) is 31.6 Å². The lowest BCUT2D eigenvalue weighted by molar-refractivity contribution is -0.119. The van der Waals surface area contributed by atoms with E-state index in [0.29, 0.717) is 23.5 Å². The molecule has 0 heterocycles. The summed E-state index contributed by atoms with van der Waals surface area (Å²) in [6, 6.07) is 4.83. The van der Waals surface area contributed by atoms with Crippen molar-refractivity contribution in [3.63, 3.8) is 0 Å². The monoisotopic (exact) mass is 265 g/mol. The summed E-state index contributed by atoms with van der Waals surface area (Å²) in [6.45, 7) is 4.50. The van der Waals surface area contributed by atoms with Gasteiger partial charge in [-0.15, -0.1) is 0 Å². The number of rotatable bonds is 6. The quantitative estimate of drug-likeness (QED) is 0.527. The lowest BCUT2D eigenvalue weighted by atomic mass is 10.1. The smallest absolute Gasteiger partial charge is 0.340 e. The first-order valence-corrected chi connectivity index (χ1v) is 6.15. The lowest BCUT2D eigenvalue weighted by Crippen LogP contribution is -2.29. The predicted octanol–water partition coefficient (Wildman–Crippen LogP) is 0.993. The number of hydrogen-bond acceptors (Lipinski definition) is 5. The van der Waals surface area contributed by atoms with Crippen molar-refractivity contribution in [3.8, 4) is 0 Å². The van der Waals surface area contributed by atoms with Crippen LogP contribution in [0.4, 0.5) is 11.4 Å². The fourth-order valence-corrected chi connectivity index (χ4v) is 1.53. The maximum Gasteiger partial charge on any atom is 0.340 e. The van der Waals surface area contributed by atoms with Gasteiger partial charge in [-0.3, -0.25) is 4.79 Å². The van der Waals surface area contributed by atoms with E-state index in [1.165, 1.54) is 6.07 Å². The number of nitrogens with one attached hydrogen (secondary N) is 2. The van der Waals surface area contributed by atoms with E-state index in [9.17, 15) is 9.59 Å². The molecule has 0 atom stereocenters. The Bertz CT molecular complexity index is 460. The zero-order valence-corrected chi connectivity index (χ0v) is 11.2. The van der Waals surface area contributed by atoms with E-state index in [1.807, 2.05) is 6.92 Å². The molecule has 6 nitrogen and oxygen atoms in total. The number of carbonyl (C=O) groups excluding carboxylic acids is 2. The maximum absolute atomic E-state index is 11.8. The molecule has 0 aliphatic carbocycles. The fourth-order valence-electron chi connectivity index (χ4n) is 1.53. The highest BCUT2D eigenvalue weighted by molar-refractivity contribution is 5.97. The number of nitrogen functional groups attached to an aromatic ring is 1. The minimum absolute atomic E-state index is 0.0875. The summed E-state index contributed by atoms with van der Waals surface area (Å²) < 4.78 is 4.94. The molecular weight excluding hydrogens is 246 g/mol. The second-order valence-corrected chi connectivity index (χ2v) is 3.83. The average Bonchev–Trinajstić information content (AvgIpc) is 2.38. The van der Waals surface area contributed by atoms with E-state index < -0.39 is 5.97 Å². The van der Waals surface area contributed by atoms with Crippen molar-refractivity contribution in [3.05, 3.63) is 23.8 Å². The molecule has 1 rings (SSSR count). The third-order valence-electron chi connectivity index (χ3n) is 2.35.